The van der Waals surface area contributed by atoms with Crippen LogP contribution in [0, 0.1) is 11.8 Å². The van der Waals surface area contributed by atoms with Gasteiger partial charge in [0.05, 0.1) is 43.0 Å². The van der Waals surface area contributed by atoms with Crippen LogP contribution in [0.5, 0.6) is 0 Å². The van der Waals surface area contributed by atoms with Crippen LogP contribution in [0.1, 0.15) is 85.6 Å². The maximum Gasteiger partial charge on any atom is 0.309 e. The number of aliphatic hydroxyl groups is 1. The van der Waals surface area contributed by atoms with E-state index in [-0.39, 0.29) is 31.5 Å². The van der Waals surface area contributed by atoms with Crippen molar-refractivity contribution >= 4 is 24.0 Å². The van der Waals surface area contributed by atoms with Crippen LogP contribution in [0.2, 0.25) is 0 Å². The molecular formula is C46H69NO14. The quantitative estimate of drug-likeness (QED) is 0.198. The highest BCUT2D eigenvalue weighted by atomic mass is 16.7. The molecule has 15 atom stereocenters. The monoisotopic (exact) mass is 859 g/mol. The van der Waals surface area contributed by atoms with Crippen LogP contribution < -0.4 is 0 Å². The lowest BCUT2D eigenvalue weighted by atomic mass is 9.83. The van der Waals surface area contributed by atoms with Gasteiger partial charge in [0.15, 0.2) is 18.4 Å². The fourth-order valence-corrected chi connectivity index (χ4v) is 8.53. The van der Waals surface area contributed by atoms with Crippen molar-refractivity contribution in [2.75, 3.05) is 28.3 Å². The van der Waals surface area contributed by atoms with Crippen LogP contribution in [0.15, 0.2) is 54.6 Å². The maximum atomic E-state index is 13.4. The van der Waals surface area contributed by atoms with E-state index in [9.17, 15) is 24.3 Å². The third-order valence-electron chi connectivity index (χ3n) is 11.9. The number of likely N-dealkylation sites (N-methyl/N-ethyl adjacent to an activating group) is 1. The van der Waals surface area contributed by atoms with Crippen molar-refractivity contribution in [1.82, 2.24) is 4.90 Å². The molecule has 0 aliphatic carbocycles. The minimum absolute atomic E-state index is 0.00654. The van der Waals surface area contributed by atoms with Crippen LogP contribution in [-0.2, 0) is 68.4 Å². The Balaban J connectivity index is 1.65. The molecule has 0 unspecified atom stereocenters. The van der Waals surface area contributed by atoms with E-state index in [0.29, 0.717) is 25.7 Å². The van der Waals surface area contributed by atoms with Gasteiger partial charge in [-0.25, -0.2) is 0 Å². The normalized spacial score (nSPS) is 38.0. The van der Waals surface area contributed by atoms with Gasteiger partial charge in [0.1, 0.15) is 42.9 Å². The molecule has 15 heteroatoms. The van der Waals surface area contributed by atoms with E-state index in [1.54, 1.807) is 67.1 Å². The van der Waals surface area contributed by atoms with Crippen molar-refractivity contribution in [3.63, 3.8) is 0 Å². The van der Waals surface area contributed by atoms with Crippen molar-refractivity contribution in [1.29, 1.82) is 0 Å². The lowest BCUT2D eigenvalue weighted by Crippen LogP contribution is -2.66. The van der Waals surface area contributed by atoms with Gasteiger partial charge in [-0.2, -0.15) is 0 Å². The maximum absolute atomic E-state index is 13.4. The number of carbonyl (C=O) groups excluding carboxylic acids is 4. The number of aliphatic hydroxyl groups excluding tert-OH is 1. The molecule has 15 nitrogen and oxygen atoms in total. The molecule has 3 aliphatic heterocycles. The zero-order valence-electron chi connectivity index (χ0n) is 37.5. The fourth-order valence-electron chi connectivity index (χ4n) is 8.53. The second kappa shape index (κ2) is 23.9. The van der Waals surface area contributed by atoms with Gasteiger partial charge < -0.3 is 57.4 Å². The molecule has 2 saturated heterocycles. The fraction of sp³-hybridized carbons (Fsp3) is 0.696. The van der Waals surface area contributed by atoms with Crippen LogP contribution in [0.25, 0.3) is 0 Å². The molecule has 0 amide bonds. The van der Waals surface area contributed by atoms with Crippen LogP contribution in [0.3, 0.4) is 0 Å². The topological polar surface area (TPSA) is 175 Å². The smallest absolute Gasteiger partial charge is 0.309 e. The number of hydrogen-bond acceptors (Lipinski definition) is 15. The molecule has 1 aromatic carbocycles. The van der Waals surface area contributed by atoms with Crippen molar-refractivity contribution < 1.29 is 66.9 Å². The molecule has 3 heterocycles. The number of esters is 2. The summed E-state index contributed by atoms with van der Waals surface area (Å²) in [5.41, 5.74) is 0.239. The molecule has 0 saturated carbocycles. The average Bonchev–Trinajstić information content (AvgIpc) is 3.21. The summed E-state index contributed by atoms with van der Waals surface area (Å²) in [5.74, 6) is -2.72. The Kier molecular flexibility index (Phi) is 19.7. The van der Waals surface area contributed by atoms with Gasteiger partial charge in [0.2, 0.25) is 0 Å². The van der Waals surface area contributed by atoms with Crippen LogP contribution in [0.4, 0.5) is 0 Å². The predicted molar refractivity (Wildman–Crippen MR) is 224 cm³/mol. The number of cyclic esters (lactones) is 1. The van der Waals surface area contributed by atoms with Crippen LogP contribution in [-0.4, -0.2) is 141 Å². The largest absolute Gasteiger partial charge is 0.462 e. The Morgan fingerprint density at radius 1 is 0.984 bits per heavy atom. The van der Waals surface area contributed by atoms with E-state index < -0.39 is 103 Å². The molecule has 342 valence electrons. The second-order valence-corrected chi connectivity index (χ2v) is 16.9. The van der Waals surface area contributed by atoms with Gasteiger partial charge in [-0.1, -0.05) is 62.4 Å². The molecule has 61 heavy (non-hydrogen) atoms. The second-order valence-electron chi connectivity index (χ2n) is 16.9. The highest BCUT2D eigenvalue weighted by molar-refractivity contribution is 5.91. The lowest BCUT2D eigenvalue weighted by Gasteiger charge is -2.51. The molecule has 1 aromatic rings. The van der Waals surface area contributed by atoms with E-state index >= 15 is 0 Å². The van der Waals surface area contributed by atoms with E-state index in [2.05, 4.69) is 0 Å². The summed E-state index contributed by atoms with van der Waals surface area (Å²) in [6.45, 7) is 11.2. The Morgan fingerprint density at radius 2 is 1.70 bits per heavy atom. The minimum Gasteiger partial charge on any atom is -0.462 e. The first-order valence-electron chi connectivity index (χ1n) is 21.4. The SMILES string of the molecule is CCC(=O)O[C@@H]1CC(=O)O[C@H](C)C/C=C/C=C/C(=O)[C@H](C)C[C@H](CC=O)[C@H](O[C@@H]2O[C@H](C)[C@@H](O[C@H]3C[C@@](C)(OC)[C@@H](OCc4ccccc4)[C@H](C)O3)[C@H](N(C)C)[C@H]2O)[C@H]1OC. The third kappa shape index (κ3) is 13.8. The number of methoxy groups -OCH3 is 2. The average molecular weight is 860 g/mol. The summed E-state index contributed by atoms with van der Waals surface area (Å²) in [5, 5.41) is 12.2. The summed E-state index contributed by atoms with van der Waals surface area (Å²) in [4.78, 5) is 53.7. The zero-order valence-corrected chi connectivity index (χ0v) is 37.5. The molecular weight excluding hydrogens is 790 g/mol. The van der Waals surface area contributed by atoms with Gasteiger partial charge in [-0.05, 0) is 65.8 Å². The molecule has 1 N–H and O–H groups in total. The van der Waals surface area contributed by atoms with Crippen molar-refractivity contribution in [3.8, 4) is 0 Å². The number of benzene rings is 1. The van der Waals surface area contributed by atoms with Gasteiger partial charge in [-0.15, -0.1) is 0 Å². The third-order valence-corrected chi connectivity index (χ3v) is 11.9. The van der Waals surface area contributed by atoms with E-state index in [4.69, 9.17) is 42.6 Å². The highest BCUT2D eigenvalue weighted by Crippen LogP contribution is 2.39. The van der Waals surface area contributed by atoms with E-state index in [1.807, 2.05) is 49.1 Å². The predicted octanol–water partition coefficient (Wildman–Crippen LogP) is 4.89. The minimum atomic E-state index is -1.35. The number of allylic oxidation sites excluding steroid dienone is 3. The first-order valence-corrected chi connectivity index (χ1v) is 21.4. The number of ether oxygens (including phenoxy) is 9. The molecule has 0 aromatic heterocycles. The number of nitrogens with zero attached hydrogens (tertiary/aromatic N) is 1. The number of hydrogen-bond donors (Lipinski definition) is 1. The standard InChI is InChI=1S/C46H69NO14/c1-11-36(50)59-35-25-37(51)56-29(3)18-14-12-17-21-34(49)28(2)24-33(22-23-48)42(43(35)53-9)61-45-40(52)39(47(7)8)41(30(4)58-45)60-38-26-46(6,54-10)44(31(5)57-38)55-27-32-19-15-13-16-20-32/h12-17,19-21,23,28-31,33,35,38-45,52H,11,18,22,24-27H2,1-10H3/b14-12+,21-17+/t28-,29-,30-,31+,33+,35-,38+,39-,40-,41-,42+,43+,44+,45+,46-/m1/s1. The summed E-state index contributed by atoms with van der Waals surface area (Å²) in [6, 6.07) is 9.15. The summed E-state index contributed by atoms with van der Waals surface area (Å²) < 4.78 is 56.3. The van der Waals surface area contributed by atoms with E-state index in [1.165, 1.54) is 13.2 Å². The number of carbonyl (C=O) groups is 4. The highest BCUT2D eigenvalue weighted by Gasteiger charge is 2.53. The number of ketones is 1. The summed E-state index contributed by atoms with van der Waals surface area (Å²) >= 11 is 0. The summed E-state index contributed by atoms with van der Waals surface area (Å²) in [6.07, 6.45) is -2.11. The first kappa shape index (κ1) is 50.3. The molecule has 4 rings (SSSR count). The Bertz CT molecular complexity index is 1610. The molecule has 2 fully saturated rings. The van der Waals surface area contributed by atoms with Crippen molar-refractivity contribution in [2.45, 2.75) is 166 Å². The van der Waals surface area contributed by atoms with Gasteiger partial charge in [0, 0.05) is 45.8 Å². The van der Waals surface area contributed by atoms with Gasteiger partial charge >= 0.3 is 11.9 Å². The lowest BCUT2D eigenvalue weighted by molar-refractivity contribution is -0.347. The van der Waals surface area contributed by atoms with Crippen molar-refractivity contribution in [3.05, 3.63) is 60.2 Å². The molecule has 0 radical (unpaired) electrons. The Morgan fingerprint density at radius 3 is 2.34 bits per heavy atom. The van der Waals surface area contributed by atoms with Gasteiger partial charge in [0.25, 0.3) is 0 Å². The van der Waals surface area contributed by atoms with Crippen LogP contribution >= 0.6 is 0 Å². The molecule has 0 spiro atoms. The van der Waals surface area contributed by atoms with E-state index in [0.717, 1.165) is 5.56 Å². The Hall–Kier alpha value is -3.38. The number of rotatable bonds is 14. The van der Waals surface area contributed by atoms with Crippen molar-refractivity contribution in [2.24, 2.45) is 11.8 Å². The molecule has 3 aliphatic rings. The first-order chi connectivity index (χ1) is 29.0. The zero-order chi connectivity index (χ0) is 44.9. The Labute approximate surface area is 361 Å². The van der Waals surface area contributed by atoms with Gasteiger partial charge in [-0.3, -0.25) is 14.4 Å². The summed E-state index contributed by atoms with van der Waals surface area (Å²) in [7, 11) is 6.62. The number of aldehydes is 1. The molecule has 0 bridgehead atoms.